The Morgan fingerprint density at radius 3 is 2.76 bits per heavy atom. The van der Waals surface area contributed by atoms with Gasteiger partial charge in [-0.1, -0.05) is 0 Å². The van der Waals surface area contributed by atoms with Gasteiger partial charge in [0.2, 0.25) is 0 Å². The molecule has 2 fully saturated rings. The number of ether oxygens (including phenoxy) is 1. The van der Waals surface area contributed by atoms with Gasteiger partial charge in [-0.05, 0) is 37.5 Å². The average molecular weight is 294 g/mol. The molecular weight excluding hydrogens is 279 g/mol. The zero-order valence-electron chi connectivity index (χ0n) is 11.1. The van der Waals surface area contributed by atoms with Gasteiger partial charge in [0.25, 0.3) is 0 Å². The molecule has 0 aromatic heterocycles. The first kappa shape index (κ1) is 13.8. The van der Waals surface area contributed by atoms with E-state index >= 15 is 0 Å². The summed E-state index contributed by atoms with van der Waals surface area (Å²) in [6, 6.07) is 2.62. The molecular formula is C14H15FN2O4. The second kappa shape index (κ2) is 5.33. The van der Waals surface area contributed by atoms with Crippen LogP contribution in [0.5, 0.6) is 0 Å². The summed E-state index contributed by atoms with van der Waals surface area (Å²) in [6.07, 6.45) is 2.91. The Balaban J connectivity index is 1.64. The van der Waals surface area contributed by atoms with Gasteiger partial charge in [0.15, 0.2) is 0 Å². The predicted octanol–water partition coefficient (Wildman–Crippen LogP) is 1.97. The SMILES string of the molecule is O=C(Nc1cc(C(=O)O)ccc1F)NC1CC2CCC1O2. The molecule has 112 valence electrons. The number of benzene rings is 1. The minimum Gasteiger partial charge on any atom is -0.478 e. The maximum Gasteiger partial charge on any atom is 0.335 e. The molecule has 2 aliphatic rings. The van der Waals surface area contributed by atoms with Gasteiger partial charge in [0, 0.05) is 0 Å². The largest absolute Gasteiger partial charge is 0.478 e. The Morgan fingerprint density at radius 2 is 2.14 bits per heavy atom. The summed E-state index contributed by atoms with van der Waals surface area (Å²) < 4.78 is 19.2. The number of carboxylic acid groups (broad SMARTS) is 1. The number of rotatable bonds is 3. The highest BCUT2D eigenvalue weighted by Crippen LogP contribution is 2.34. The molecule has 2 bridgehead atoms. The van der Waals surface area contributed by atoms with Crippen molar-refractivity contribution in [2.75, 3.05) is 5.32 Å². The lowest BCUT2D eigenvalue weighted by atomic mass is 9.96. The summed E-state index contributed by atoms with van der Waals surface area (Å²) >= 11 is 0. The van der Waals surface area contributed by atoms with E-state index in [0.29, 0.717) is 0 Å². The molecule has 2 saturated heterocycles. The number of urea groups is 1. The molecule has 0 aliphatic carbocycles. The summed E-state index contributed by atoms with van der Waals surface area (Å²) in [5, 5.41) is 14.0. The molecule has 21 heavy (non-hydrogen) atoms. The van der Waals surface area contributed by atoms with Crippen molar-refractivity contribution in [2.24, 2.45) is 0 Å². The topological polar surface area (TPSA) is 87.7 Å². The zero-order chi connectivity index (χ0) is 15.0. The van der Waals surface area contributed by atoms with Crippen molar-refractivity contribution in [3.8, 4) is 0 Å². The van der Waals surface area contributed by atoms with Crippen LogP contribution in [0, 0.1) is 5.82 Å². The summed E-state index contributed by atoms with van der Waals surface area (Å²) in [4.78, 5) is 22.7. The second-order valence-corrected chi connectivity index (χ2v) is 5.31. The zero-order valence-corrected chi connectivity index (χ0v) is 11.1. The number of nitrogens with one attached hydrogen (secondary N) is 2. The van der Waals surface area contributed by atoms with Crippen LogP contribution in [0.4, 0.5) is 14.9 Å². The Labute approximate surface area is 120 Å². The average Bonchev–Trinajstić information content (AvgIpc) is 3.03. The molecule has 7 heteroatoms. The van der Waals surface area contributed by atoms with E-state index in [9.17, 15) is 14.0 Å². The monoisotopic (exact) mass is 294 g/mol. The number of hydrogen-bond acceptors (Lipinski definition) is 3. The Kier molecular flexibility index (Phi) is 3.50. The highest BCUT2D eigenvalue weighted by Gasteiger charge is 2.41. The van der Waals surface area contributed by atoms with Crippen LogP contribution >= 0.6 is 0 Å². The van der Waals surface area contributed by atoms with Crippen LogP contribution in [0.3, 0.4) is 0 Å². The first-order valence-corrected chi connectivity index (χ1v) is 6.79. The van der Waals surface area contributed by atoms with Crippen LogP contribution < -0.4 is 10.6 Å². The fraction of sp³-hybridized carbons (Fsp3) is 0.429. The maximum absolute atomic E-state index is 13.6. The van der Waals surface area contributed by atoms with Crippen molar-refractivity contribution in [1.29, 1.82) is 0 Å². The highest BCUT2D eigenvalue weighted by molar-refractivity contribution is 5.93. The van der Waals surface area contributed by atoms with Gasteiger partial charge in [-0.15, -0.1) is 0 Å². The highest BCUT2D eigenvalue weighted by atomic mass is 19.1. The second-order valence-electron chi connectivity index (χ2n) is 5.31. The van der Waals surface area contributed by atoms with Crippen molar-refractivity contribution < 1.29 is 23.8 Å². The van der Waals surface area contributed by atoms with Crippen molar-refractivity contribution in [1.82, 2.24) is 5.32 Å². The van der Waals surface area contributed by atoms with Crippen molar-refractivity contribution in [3.63, 3.8) is 0 Å². The van der Waals surface area contributed by atoms with Crippen molar-refractivity contribution >= 4 is 17.7 Å². The van der Waals surface area contributed by atoms with Gasteiger partial charge >= 0.3 is 12.0 Å². The predicted molar refractivity (Wildman–Crippen MR) is 71.8 cm³/mol. The van der Waals surface area contributed by atoms with Gasteiger partial charge in [-0.3, -0.25) is 0 Å². The van der Waals surface area contributed by atoms with Crippen molar-refractivity contribution in [2.45, 2.75) is 37.5 Å². The summed E-state index contributed by atoms with van der Waals surface area (Å²) in [7, 11) is 0. The van der Waals surface area contributed by atoms with Gasteiger partial charge < -0.3 is 20.5 Å². The van der Waals surface area contributed by atoms with E-state index in [1.807, 2.05) is 0 Å². The van der Waals surface area contributed by atoms with E-state index in [0.717, 1.165) is 37.5 Å². The molecule has 3 N–H and O–H groups in total. The number of fused-ring (bicyclic) bond motifs is 2. The molecule has 1 aromatic carbocycles. The van der Waals surface area contributed by atoms with E-state index in [2.05, 4.69) is 10.6 Å². The molecule has 2 heterocycles. The Morgan fingerprint density at radius 1 is 1.33 bits per heavy atom. The molecule has 0 radical (unpaired) electrons. The Bertz CT molecular complexity index is 592. The van der Waals surface area contributed by atoms with Crippen LogP contribution in [0.2, 0.25) is 0 Å². The number of halogens is 1. The van der Waals surface area contributed by atoms with Gasteiger partial charge in [-0.2, -0.15) is 0 Å². The molecule has 2 aliphatic heterocycles. The van der Waals surface area contributed by atoms with Crippen LogP contribution in [0.25, 0.3) is 0 Å². The number of hydrogen-bond donors (Lipinski definition) is 3. The smallest absolute Gasteiger partial charge is 0.335 e. The molecule has 1 aromatic rings. The fourth-order valence-electron chi connectivity index (χ4n) is 2.87. The third-order valence-electron chi connectivity index (χ3n) is 3.88. The standard InChI is InChI=1S/C14H15FN2O4/c15-9-3-1-7(13(18)19)5-10(9)16-14(20)17-11-6-8-2-4-12(11)21-8/h1,3,5,8,11-12H,2,4,6H2,(H,18,19)(H2,16,17,20). The molecule has 3 rings (SSSR count). The lowest BCUT2D eigenvalue weighted by Crippen LogP contribution is -2.43. The summed E-state index contributed by atoms with van der Waals surface area (Å²) in [5.74, 6) is -1.86. The minimum atomic E-state index is -1.18. The third-order valence-corrected chi connectivity index (χ3v) is 3.88. The van der Waals surface area contributed by atoms with Gasteiger partial charge in [0.1, 0.15) is 5.82 Å². The summed E-state index contributed by atoms with van der Waals surface area (Å²) in [5.41, 5.74) is -0.244. The lowest BCUT2D eigenvalue weighted by molar-refractivity contribution is 0.0697. The van der Waals surface area contributed by atoms with Gasteiger partial charge in [0.05, 0.1) is 29.5 Å². The molecule has 6 nitrogen and oxygen atoms in total. The van der Waals surface area contributed by atoms with E-state index in [-0.39, 0.29) is 29.5 Å². The van der Waals surface area contributed by atoms with E-state index < -0.39 is 17.8 Å². The first-order chi connectivity index (χ1) is 10.0. The lowest BCUT2D eigenvalue weighted by Gasteiger charge is -2.20. The number of aromatic carboxylic acids is 1. The van der Waals surface area contributed by atoms with Crippen LogP contribution in [0.1, 0.15) is 29.6 Å². The van der Waals surface area contributed by atoms with E-state index in [1.165, 1.54) is 0 Å². The molecule has 2 amide bonds. The molecule has 0 saturated carbocycles. The maximum atomic E-state index is 13.6. The summed E-state index contributed by atoms with van der Waals surface area (Å²) in [6.45, 7) is 0. The number of anilines is 1. The molecule has 0 spiro atoms. The van der Waals surface area contributed by atoms with Crippen LogP contribution in [-0.2, 0) is 4.74 Å². The molecule has 3 unspecified atom stereocenters. The minimum absolute atomic E-state index is 0.0240. The quantitative estimate of drug-likeness (QED) is 0.795. The number of carbonyl (C=O) groups is 2. The first-order valence-electron chi connectivity index (χ1n) is 6.79. The van der Waals surface area contributed by atoms with Crippen LogP contribution in [0.15, 0.2) is 18.2 Å². The normalized spacial score (nSPS) is 26.6. The van der Waals surface area contributed by atoms with Crippen LogP contribution in [-0.4, -0.2) is 35.4 Å². The molecule has 3 atom stereocenters. The number of amides is 2. The third kappa shape index (κ3) is 2.82. The fourth-order valence-corrected chi connectivity index (χ4v) is 2.87. The Hall–Kier alpha value is -2.15. The van der Waals surface area contributed by atoms with Crippen molar-refractivity contribution in [3.05, 3.63) is 29.6 Å². The number of carbonyl (C=O) groups excluding carboxylic acids is 1. The number of carboxylic acids is 1. The van der Waals surface area contributed by atoms with E-state index in [1.54, 1.807) is 0 Å². The van der Waals surface area contributed by atoms with Gasteiger partial charge in [-0.25, -0.2) is 14.0 Å². The van der Waals surface area contributed by atoms with E-state index in [4.69, 9.17) is 9.84 Å².